The molecule has 1 heterocycles. The van der Waals surface area contributed by atoms with Crippen LogP contribution in [0.5, 0.6) is 0 Å². The third-order valence-corrected chi connectivity index (χ3v) is 2.56. The van der Waals surface area contributed by atoms with Gasteiger partial charge in [-0.05, 0) is 12.4 Å². The van der Waals surface area contributed by atoms with Gasteiger partial charge in [-0.15, -0.1) is 10.7 Å². The minimum Gasteiger partial charge on any atom is -0.303 e. The van der Waals surface area contributed by atoms with Gasteiger partial charge in [0.05, 0.1) is 5.88 Å². The summed E-state index contributed by atoms with van der Waals surface area (Å²) in [4.78, 5) is 0. The first-order chi connectivity index (χ1) is 3.43. The van der Waals surface area contributed by atoms with E-state index < -0.39 is 0 Å². The van der Waals surface area contributed by atoms with Gasteiger partial charge in [0.15, 0.2) is 0 Å². The topological polar surface area (TPSA) is 24.1 Å². The molecule has 0 aromatic carbocycles. The molecule has 1 aliphatic rings. The van der Waals surface area contributed by atoms with E-state index in [0.717, 1.165) is 12.4 Å². The minimum absolute atomic E-state index is 0.380. The molecule has 1 rings (SSSR count). The molecule has 0 amide bonds. The molecule has 0 saturated carbocycles. The van der Waals surface area contributed by atoms with Crippen LogP contribution in [0.2, 0.25) is 0 Å². The second kappa shape index (κ2) is 2.45. The molecular formula is C4H10N2S. The van der Waals surface area contributed by atoms with Crippen LogP contribution in [0.25, 0.3) is 0 Å². The fourth-order valence-corrected chi connectivity index (χ4v) is 1.63. The number of rotatable bonds is 1. The number of hydrogen-bond acceptors (Lipinski definition) is 2. The van der Waals surface area contributed by atoms with Crippen LogP contribution in [0.15, 0.2) is 0 Å². The van der Waals surface area contributed by atoms with Crippen molar-refractivity contribution < 1.29 is 0 Å². The molecule has 2 nitrogen and oxygen atoms in total. The molecule has 1 aliphatic heterocycles. The van der Waals surface area contributed by atoms with Crippen molar-refractivity contribution in [2.75, 3.05) is 19.5 Å². The normalized spacial score (nSPS) is 30.1. The van der Waals surface area contributed by atoms with Gasteiger partial charge in [0.25, 0.3) is 0 Å². The molecule has 7 heavy (non-hydrogen) atoms. The lowest BCUT2D eigenvalue weighted by molar-refractivity contribution is 0.941. The predicted octanol–water partition coefficient (Wildman–Crippen LogP) is -0.247. The first-order valence-corrected chi connectivity index (χ1v) is 3.80. The fraction of sp³-hybridized carbons (Fsp3) is 0.750. The summed E-state index contributed by atoms with van der Waals surface area (Å²) in [7, 11) is 2.37. The van der Waals surface area contributed by atoms with Crippen LogP contribution in [0.1, 0.15) is 0 Å². The molecule has 0 aliphatic carbocycles. The maximum atomic E-state index is 3.22. The predicted molar refractivity (Wildman–Crippen MR) is 35.6 cm³/mol. The lowest BCUT2D eigenvalue weighted by Crippen LogP contribution is -2.08. The Morgan fingerprint density at radius 2 is 2.71 bits per heavy atom. The average Bonchev–Trinajstić information content (AvgIpc) is 2.14. The van der Waals surface area contributed by atoms with Gasteiger partial charge in [-0.3, -0.25) is 4.72 Å². The molecule has 42 valence electrons. The van der Waals surface area contributed by atoms with Gasteiger partial charge in [0.2, 0.25) is 0 Å². The summed E-state index contributed by atoms with van der Waals surface area (Å²) in [5.74, 6) is 1.12. The third-order valence-electron chi connectivity index (χ3n) is 0.949. The highest BCUT2D eigenvalue weighted by Gasteiger charge is 1.95. The van der Waals surface area contributed by atoms with Crippen molar-refractivity contribution in [1.82, 2.24) is 10.0 Å². The third kappa shape index (κ3) is 1.26. The Bertz CT molecular complexity index is 89.7. The first-order valence-electron chi connectivity index (χ1n) is 2.34. The van der Waals surface area contributed by atoms with Crippen LogP contribution < -0.4 is 10.0 Å². The smallest absolute Gasteiger partial charge is 0.0501 e. The van der Waals surface area contributed by atoms with E-state index in [-0.39, 0.29) is 0 Å². The van der Waals surface area contributed by atoms with Gasteiger partial charge in [-0.1, -0.05) is 0 Å². The molecule has 0 aromatic rings. The van der Waals surface area contributed by atoms with Gasteiger partial charge < -0.3 is 5.32 Å². The molecule has 0 aromatic heterocycles. The molecule has 3 heteroatoms. The summed E-state index contributed by atoms with van der Waals surface area (Å²) < 4.78 is 3.17. The van der Waals surface area contributed by atoms with Gasteiger partial charge in [-0.25, -0.2) is 0 Å². The van der Waals surface area contributed by atoms with E-state index in [9.17, 15) is 0 Å². The van der Waals surface area contributed by atoms with Gasteiger partial charge >= 0.3 is 0 Å². The molecule has 0 bridgehead atoms. The fourth-order valence-electron chi connectivity index (χ4n) is 0.543. The van der Waals surface area contributed by atoms with Gasteiger partial charge in [0, 0.05) is 6.54 Å². The molecule has 1 unspecified atom stereocenters. The molecule has 2 N–H and O–H groups in total. The molecule has 1 atom stereocenters. The van der Waals surface area contributed by atoms with E-state index in [2.05, 4.69) is 15.4 Å². The van der Waals surface area contributed by atoms with E-state index in [0.29, 0.717) is 10.7 Å². The summed E-state index contributed by atoms with van der Waals surface area (Å²) in [6.45, 7) is 1.07. The van der Waals surface area contributed by atoms with E-state index in [1.807, 2.05) is 7.05 Å². The van der Waals surface area contributed by atoms with Crippen molar-refractivity contribution in [1.29, 1.82) is 0 Å². The van der Waals surface area contributed by atoms with Crippen molar-refractivity contribution in [2.24, 2.45) is 0 Å². The zero-order valence-electron chi connectivity index (χ0n) is 4.40. The van der Waals surface area contributed by atoms with Crippen molar-refractivity contribution in [3.8, 4) is 0 Å². The van der Waals surface area contributed by atoms with Crippen LogP contribution >= 0.6 is 10.7 Å². The molecule has 0 spiro atoms. The van der Waals surface area contributed by atoms with E-state index >= 15 is 0 Å². The van der Waals surface area contributed by atoms with Crippen molar-refractivity contribution in [2.45, 2.75) is 0 Å². The highest BCUT2D eigenvalue weighted by Crippen LogP contribution is 2.03. The van der Waals surface area contributed by atoms with Crippen LogP contribution in [0, 0.1) is 0 Å². The largest absolute Gasteiger partial charge is 0.303 e. The molecule has 0 saturated heterocycles. The highest BCUT2D eigenvalue weighted by atomic mass is 32.2. The zero-order valence-corrected chi connectivity index (χ0v) is 5.22. The Morgan fingerprint density at radius 1 is 1.86 bits per heavy atom. The highest BCUT2D eigenvalue weighted by molar-refractivity contribution is 8.13. The quantitative estimate of drug-likeness (QED) is 0.464. The van der Waals surface area contributed by atoms with E-state index in [1.54, 1.807) is 0 Å². The summed E-state index contributed by atoms with van der Waals surface area (Å²) in [5, 5.41) is 5.48. The van der Waals surface area contributed by atoms with Crippen LogP contribution in [0.3, 0.4) is 0 Å². The summed E-state index contributed by atoms with van der Waals surface area (Å²) >= 11 is 0. The van der Waals surface area contributed by atoms with Crippen molar-refractivity contribution >= 4 is 16.0 Å². The zero-order chi connectivity index (χ0) is 5.11. The Kier molecular flexibility index (Phi) is 1.85. The maximum Gasteiger partial charge on any atom is 0.0501 e. The summed E-state index contributed by atoms with van der Waals surface area (Å²) in [6, 6.07) is 0. The lowest BCUT2D eigenvalue weighted by Gasteiger charge is -1.95. The average molecular weight is 118 g/mol. The lowest BCUT2D eigenvalue weighted by atomic mass is 10.8. The second-order valence-corrected chi connectivity index (χ2v) is 3.29. The standard InChI is InChI=1S/C4H10N2S/c1-5-7-3-2-6-4-7/h3,5-6H,2,4H2,1H3. The van der Waals surface area contributed by atoms with Crippen LogP contribution in [0.4, 0.5) is 0 Å². The minimum atomic E-state index is 0.380. The Morgan fingerprint density at radius 3 is 3.00 bits per heavy atom. The Labute approximate surface area is 46.4 Å². The molecular weight excluding hydrogens is 108 g/mol. The number of hydrogen-bond donors (Lipinski definition) is 2. The molecule has 0 fully saturated rings. The molecule has 0 radical (unpaired) electrons. The van der Waals surface area contributed by atoms with E-state index in [4.69, 9.17) is 0 Å². The maximum absolute atomic E-state index is 3.22. The summed E-state index contributed by atoms with van der Waals surface area (Å²) in [5.41, 5.74) is 0. The van der Waals surface area contributed by atoms with Gasteiger partial charge in [-0.2, -0.15) is 0 Å². The van der Waals surface area contributed by atoms with Crippen molar-refractivity contribution in [3.63, 3.8) is 0 Å². The van der Waals surface area contributed by atoms with Crippen molar-refractivity contribution in [3.05, 3.63) is 0 Å². The summed E-state index contributed by atoms with van der Waals surface area (Å²) in [6.07, 6.45) is 0. The van der Waals surface area contributed by atoms with Crippen LogP contribution in [-0.4, -0.2) is 24.8 Å². The Hall–Kier alpha value is 0.140. The monoisotopic (exact) mass is 118 g/mol. The Balaban J connectivity index is 2.36. The first kappa shape index (κ1) is 5.28. The number of nitrogens with one attached hydrogen (secondary N) is 2. The van der Waals surface area contributed by atoms with Gasteiger partial charge in [0.1, 0.15) is 0 Å². The second-order valence-electron chi connectivity index (χ2n) is 1.40. The SMILES string of the molecule is CNS1=CCNC1. The van der Waals surface area contributed by atoms with Crippen LogP contribution in [-0.2, 0) is 0 Å². The van der Waals surface area contributed by atoms with E-state index in [1.165, 1.54) is 0 Å².